The van der Waals surface area contributed by atoms with Crippen LogP contribution in [0.5, 0.6) is 0 Å². The molecule has 4 aromatic rings. The van der Waals surface area contributed by atoms with E-state index in [4.69, 9.17) is 0 Å². The highest BCUT2D eigenvalue weighted by molar-refractivity contribution is 5.91. The summed E-state index contributed by atoms with van der Waals surface area (Å²) in [7, 11) is 0. The van der Waals surface area contributed by atoms with E-state index >= 15 is 0 Å². The van der Waals surface area contributed by atoms with Crippen molar-refractivity contribution in [2.45, 2.75) is 31.8 Å². The minimum atomic E-state index is -1.44. The molecule has 3 aromatic carbocycles. The molecule has 0 unspecified atom stereocenters. The third-order valence-electron chi connectivity index (χ3n) is 6.30. The number of carboxylic acid groups (broad SMARTS) is 1. The number of hydrogen-bond donors (Lipinski definition) is 3. The normalized spacial score (nSPS) is 12.7. The third kappa shape index (κ3) is 5.51. The maximum Gasteiger partial charge on any atom is 0.408 e. The lowest BCUT2D eigenvalue weighted by molar-refractivity contribution is -0.132. The number of benzene rings is 3. The first-order chi connectivity index (χ1) is 16.9. The summed E-state index contributed by atoms with van der Waals surface area (Å²) >= 11 is 0. The van der Waals surface area contributed by atoms with E-state index in [0.717, 1.165) is 26.9 Å². The second-order valence-electron chi connectivity index (χ2n) is 8.80. The minimum Gasteiger partial charge on any atom is -0.465 e. The lowest BCUT2D eigenvalue weighted by Gasteiger charge is -2.38. The molecular formula is C28H28FN3O3. The molecule has 1 aromatic heterocycles. The number of amides is 2. The summed E-state index contributed by atoms with van der Waals surface area (Å²) in [6.07, 6.45) is 1.32. The van der Waals surface area contributed by atoms with Crippen molar-refractivity contribution in [3.05, 3.63) is 108 Å². The van der Waals surface area contributed by atoms with Crippen LogP contribution in [0.15, 0.2) is 85.1 Å². The number of nitrogens with zero attached hydrogens (tertiary/aromatic N) is 1. The highest BCUT2D eigenvalue weighted by Gasteiger charge is 2.43. The molecule has 3 N–H and O–H groups in total. The number of fused-ring (bicyclic) bond motifs is 1. The molecule has 6 nitrogen and oxygen atoms in total. The van der Waals surface area contributed by atoms with Gasteiger partial charge in [0.25, 0.3) is 0 Å². The van der Waals surface area contributed by atoms with Gasteiger partial charge in [-0.1, -0.05) is 60.7 Å². The van der Waals surface area contributed by atoms with Crippen LogP contribution in [0, 0.1) is 5.82 Å². The second-order valence-corrected chi connectivity index (χ2v) is 8.80. The van der Waals surface area contributed by atoms with Gasteiger partial charge in [0.15, 0.2) is 0 Å². The van der Waals surface area contributed by atoms with Crippen LogP contribution in [-0.4, -0.2) is 39.1 Å². The Morgan fingerprint density at radius 1 is 1.00 bits per heavy atom. The highest BCUT2D eigenvalue weighted by Crippen LogP contribution is 2.28. The van der Waals surface area contributed by atoms with Crippen LogP contribution in [0.1, 0.15) is 23.6 Å². The fourth-order valence-electron chi connectivity index (χ4n) is 4.37. The predicted molar refractivity (Wildman–Crippen MR) is 134 cm³/mol. The zero-order valence-corrected chi connectivity index (χ0v) is 19.5. The molecule has 0 bridgehead atoms. The minimum absolute atomic E-state index is 0.127. The standard InChI is InChI=1S/C28H28FN3O3/c1-28(17-22-18-31-25-13-6-5-12-24(22)25,26(33)30-15-14-20-8-3-2-4-9-20)32(27(34)35)19-21-10-7-11-23(29)16-21/h2-13,16,18,31H,14-15,17,19H2,1H3,(H,30,33)(H,34,35)/t28-/m0/s1. The van der Waals surface area contributed by atoms with Gasteiger partial charge >= 0.3 is 6.09 Å². The first kappa shape index (κ1) is 24.0. The van der Waals surface area contributed by atoms with E-state index in [-0.39, 0.29) is 13.0 Å². The van der Waals surface area contributed by atoms with Crippen LogP contribution in [0.4, 0.5) is 9.18 Å². The number of rotatable bonds is 9. The van der Waals surface area contributed by atoms with Crippen LogP contribution in [0.2, 0.25) is 0 Å². The van der Waals surface area contributed by atoms with Gasteiger partial charge in [0, 0.05) is 30.1 Å². The molecule has 0 aliphatic carbocycles. The first-order valence-electron chi connectivity index (χ1n) is 11.5. The SMILES string of the molecule is C[C@](Cc1c[nH]c2ccccc12)(C(=O)NCCc1ccccc1)N(Cc1cccc(F)c1)C(=O)O. The number of para-hydroxylation sites is 1. The number of hydrogen-bond acceptors (Lipinski definition) is 2. The average Bonchev–Trinajstić information content (AvgIpc) is 3.25. The van der Waals surface area contributed by atoms with Crippen LogP contribution >= 0.6 is 0 Å². The number of aromatic nitrogens is 1. The Kier molecular flexibility index (Phi) is 7.15. The molecule has 1 heterocycles. The summed E-state index contributed by atoms with van der Waals surface area (Å²) in [5, 5.41) is 14.0. The molecule has 0 saturated carbocycles. The molecule has 4 rings (SSSR count). The Morgan fingerprint density at radius 2 is 1.71 bits per heavy atom. The van der Waals surface area contributed by atoms with Gasteiger partial charge in [-0.2, -0.15) is 0 Å². The van der Waals surface area contributed by atoms with Gasteiger partial charge in [-0.3, -0.25) is 9.69 Å². The molecule has 0 aliphatic heterocycles. The first-order valence-corrected chi connectivity index (χ1v) is 11.5. The molecule has 7 heteroatoms. The zero-order valence-electron chi connectivity index (χ0n) is 19.5. The van der Waals surface area contributed by atoms with E-state index in [1.165, 1.54) is 18.2 Å². The monoisotopic (exact) mass is 473 g/mol. The van der Waals surface area contributed by atoms with E-state index in [9.17, 15) is 19.1 Å². The highest BCUT2D eigenvalue weighted by atomic mass is 19.1. The van der Waals surface area contributed by atoms with Crippen LogP contribution in [0.25, 0.3) is 10.9 Å². The summed E-state index contributed by atoms with van der Waals surface area (Å²) < 4.78 is 13.8. The number of H-pyrrole nitrogens is 1. The molecule has 0 fully saturated rings. The van der Waals surface area contributed by atoms with Gasteiger partial charge < -0.3 is 15.4 Å². The van der Waals surface area contributed by atoms with Gasteiger partial charge in [0.2, 0.25) is 5.91 Å². The van der Waals surface area contributed by atoms with E-state index < -0.39 is 23.4 Å². The van der Waals surface area contributed by atoms with Crippen molar-refractivity contribution in [1.82, 2.24) is 15.2 Å². The van der Waals surface area contributed by atoms with Gasteiger partial charge in [0.05, 0.1) is 6.54 Å². The Labute approximate surface area is 203 Å². The molecule has 35 heavy (non-hydrogen) atoms. The zero-order chi connectivity index (χ0) is 24.8. The quantitative estimate of drug-likeness (QED) is 0.314. The molecule has 0 aliphatic rings. The van der Waals surface area contributed by atoms with E-state index in [1.807, 2.05) is 60.8 Å². The van der Waals surface area contributed by atoms with Crippen molar-refractivity contribution in [1.29, 1.82) is 0 Å². The Morgan fingerprint density at radius 3 is 2.46 bits per heavy atom. The number of nitrogens with one attached hydrogen (secondary N) is 2. The number of aromatic amines is 1. The third-order valence-corrected chi connectivity index (χ3v) is 6.30. The maximum absolute atomic E-state index is 13.8. The topological polar surface area (TPSA) is 85.4 Å². The lowest BCUT2D eigenvalue weighted by atomic mass is 9.89. The Hall–Kier alpha value is -4.13. The summed E-state index contributed by atoms with van der Waals surface area (Å²) in [5.41, 5.74) is 1.82. The van der Waals surface area contributed by atoms with Crippen LogP contribution < -0.4 is 5.32 Å². The van der Waals surface area contributed by atoms with Crippen molar-refractivity contribution in [3.63, 3.8) is 0 Å². The van der Waals surface area contributed by atoms with E-state index in [0.29, 0.717) is 18.5 Å². The number of halogens is 1. The molecule has 0 saturated heterocycles. The van der Waals surface area contributed by atoms with E-state index in [2.05, 4.69) is 10.3 Å². The molecule has 0 radical (unpaired) electrons. The van der Waals surface area contributed by atoms with Crippen molar-refractivity contribution >= 4 is 22.9 Å². The summed E-state index contributed by atoms with van der Waals surface area (Å²) in [4.78, 5) is 30.4. The summed E-state index contributed by atoms with van der Waals surface area (Å²) in [6.45, 7) is 1.86. The lowest BCUT2D eigenvalue weighted by Crippen LogP contribution is -2.59. The van der Waals surface area contributed by atoms with Crippen molar-refractivity contribution < 1.29 is 19.1 Å². The fraction of sp³-hybridized carbons (Fsp3) is 0.214. The number of carbonyl (C=O) groups excluding carboxylic acids is 1. The smallest absolute Gasteiger partial charge is 0.408 e. The maximum atomic E-state index is 13.8. The van der Waals surface area contributed by atoms with Crippen molar-refractivity contribution in [3.8, 4) is 0 Å². The van der Waals surface area contributed by atoms with Gasteiger partial charge in [-0.05, 0) is 48.2 Å². The van der Waals surface area contributed by atoms with Crippen molar-refractivity contribution in [2.24, 2.45) is 0 Å². The van der Waals surface area contributed by atoms with Gasteiger partial charge in [-0.25, -0.2) is 9.18 Å². The van der Waals surface area contributed by atoms with Crippen molar-refractivity contribution in [2.75, 3.05) is 6.54 Å². The Bertz CT molecular complexity index is 1320. The molecular weight excluding hydrogens is 445 g/mol. The largest absolute Gasteiger partial charge is 0.465 e. The van der Waals surface area contributed by atoms with Crippen LogP contribution in [0.3, 0.4) is 0 Å². The van der Waals surface area contributed by atoms with Crippen LogP contribution in [-0.2, 0) is 24.2 Å². The fourth-order valence-corrected chi connectivity index (χ4v) is 4.37. The predicted octanol–water partition coefficient (Wildman–Crippen LogP) is 5.15. The molecule has 0 spiro atoms. The summed E-state index contributed by atoms with van der Waals surface area (Å²) in [5.74, 6) is -0.865. The van der Waals surface area contributed by atoms with E-state index in [1.54, 1.807) is 13.0 Å². The van der Waals surface area contributed by atoms with Gasteiger partial charge in [-0.15, -0.1) is 0 Å². The average molecular weight is 474 g/mol. The molecule has 1 atom stereocenters. The van der Waals surface area contributed by atoms with Gasteiger partial charge in [0.1, 0.15) is 11.4 Å². The molecule has 2 amide bonds. The molecule has 180 valence electrons. The Balaban J connectivity index is 1.64. The number of carbonyl (C=O) groups is 2. The second kappa shape index (κ2) is 10.4. The summed E-state index contributed by atoms with van der Waals surface area (Å²) in [6, 6.07) is 23.2.